The minimum Gasteiger partial charge on any atom is -0.504 e. The largest absolute Gasteiger partial charge is 0.504 e. The topological polar surface area (TPSA) is 40.5 Å². The van der Waals surface area contributed by atoms with E-state index in [-0.39, 0.29) is 11.5 Å². The van der Waals surface area contributed by atoms with Crippen LogP contribution in [-0.2, 0) is 0 Å². The molecule has 1 rings (SSSR count). The molecule has 90 valence electrons. The Morgan fingerprint density at radius 1 is 1.12 bits per heavy atom. The molecule has 0 aliphatic carbocycles. The number of phenols is 2. The number of phenolic OH excluding ortho intramolecular Hbond substituents is 2. The number of rotatable bonds is 5. The van der Waals surface area contributed by atoms with Crippen molar-refractivity contribution in [2.75, 3.05) is 0 Å². The number of unbranched alkanes of at least 4 members (excludes halogenated alkanes) is 2. The standard InChI is InChI=1S/C14H22O2/c1-4-5-6-7-10(2)12-9-14(16)13(15)8-11(12)3/h8-10,15-16H,4-7H2,1-3H3. The van der Waals surface area contributed by atoms with Gasteiger partial charge in [0.15, 0.2) is 11.5 Å². The molecule has 0 aromatic heterocycles. The number of aryl methyl sites for hydroxylation is 1. The zero-order valence-electron chi connectivity index (χ0n) is 10.5. The van der Waals surface area contributed by atoms with Crippen molar-refractivity contribution in [2.45, 2.75) is 52.4 Å². The van der Waals surface area contributed by atoms with E-state index >= 15 is 0 Å². The number of hydrogen-bond donors (Lipinski definition) is 2. The third kappa shape index (κ3) is 3.16. The summed E-state index contributed by atoms with van der Waals surface area (Å²) in [5.74, 6) is 0.406. The normalized spacial score (nSPS) is 12.7. The van der Waals surface area contributed by atoms with Gasteiger partial charge in [0.1, 0.15) is 0 Å². The predicted octanol–water partition coefficient (Wildman–Crippen LogP) is 4.09. The zero-order chi connectivity index (χ0) is 12.1. The van der Waals surface area contributed by atoms with Crippen molar-refractivity contribution in [1.82, 2.24) is 0 Å². The van der Waals surface area contributed by atoms with Crippen LogP contribution in [0.1, 0.15) is 56.6 Å². The highest BCUT2D eigenvalue weighted by molar-refractivity contribution is 5.46. The van der Waals surface area contributed by atoms with Crippen molar-refractivity contribution in [1.29, 1.82) is 0 Å². The van der Waals surface area contributed by atoms with Gasteiger partial charge in [0.2, 0.25) is 0 Å². The molecule has 2 nitrogen and oxygen atoms in total. The second-order valence-corrected chi connectivity index (χ2v) is 4.59. The lowest BCUT2D eigenvalue weighted by atomic mass is 9.91. The van der Waals surface area contributed by atoms with Crippen LogP contribution in [0.25, 0.3) is 0 Å². The predicted molar refractivity (Wildman–Crippen MR) is 67.1 cm³/mol. The van der Waals surface area contributed by atoms with E-state index in [0.29, 0.717) is 5.92 Å². The van der Waals surface area contributed by atoms with Gasteiger partial charge in [0, 0.05) is 0 Å². The van der Waals surface area contributed by atoms with E-state index in [9.17, 15) is 10.2 Å². The van der Waals surface area contributed by atoms with Crippen molar-refractivity contribution in [3.63, 3.8) is 0 Å². The lowest BCUT2D eigenvalue weighted by Crippen LogP contribution is -1.97. The highest BCUT2D eigenvalue weighted by Crippen LogP contribution is 2.33. The molecule has 0 spiro atoms. The van der Waals surface area contributed by atoms with Gasteiger partial charge < -0.3 is 10.2 Å². The number of hydrogen-bond acceptors (Lipinski definition) is 2. The minimum atomic E-state index is -0.0259. The summed E-state index contributed by atoms with van der Waals surface area (Å²) in [5, 5.41) is 18.9. The summed E-state index contributed by atoms with van der Waals surface area (Å²) in [4.78, 5) is 0. The van der Waals surface area contributed by atoms with Crippen LogP contribution in [-0.4, -0.2) is 10.2 Å². The lowest BCUT2D eigenvalue weighted by molar-refractivity contribution is 0.402. The summed E-state index contributed by atoms with van der Waals surface area (Å²) >= 11 is 0. The van der Waals surface area contributed by atoms with E-state index in [1.54, 1.807) is 12.1 Å². The summed E-state index contributed by atoms with van der Waals surface area (Å²) in [6.07, 6.45) is 4.84. The average Bonchev–Trinajstić information content (AvgIpc) is 2.23. The molecule has 0 heterocycles. The van der Waals surface area contributed by atoms with Gasteiger partial charge in [-0.3, -0.25) is 0 Å². The van der Waals surface area contributed by atoms with Crippen molar-refractivity contribution in [3.05, 3.63) is 23.3 Å². The molecular formula is C14H22O2. The van der Waals surface area contributed by atoms with Crippen molar-refractivity contribution < 1.29 is 10.2 Å². The Balaban J connectivity index is 2.75. The smallest absolute Gasteiger partial charge is 0.157 e. The zero-order valence-corrected chi connectivity index (χ0v) is 10.5. The van der Waals surface area contributed by atoms with Crippen LogP contribution in [0.5, 0.6) is 11.5 Å². The maximum absolute atomic E-state index is 9.50. The number of aromatic hydroxyl groups is 2. The Morgan fingerprint density at radius 2 is 1.75 bits per heavy atom. The second kappa shape index (κ2) is 5.78. The van der Waals surface area contributed by atoms with Crippen molar-refractivity contribution in [2.24, 2.45) is 0 Å². The Morgan fingerprint density at radius 3 is 2.38 bits per heavy atom. The van der Waals surface area contributed by atoms with Gasteiger partial charge in [-0.15, -0.1) is 0 Å². The van der Waals surface area contributed by atoms with E-state index in [1.807, 2.05) is 6.92 Å². The van der Waals surface area contributed by atoms with E-state index in [2.05, 4.69) is 13.8 Å². The van der Waals surface area contributed by atoms with Crippen LogP contribution in [0.2, 0.25) is 0 Å². The summed E-state index contributed by atoms with van der Waals surface area (Å²) in [7, 11) is 0. The highest BCUT2D eigenvalue weighted by atomic mass is 16.3. The van der Waals surface area contributed by atoms with Crippen molar-refractivity contribution >= 4 is 0 Å². The van der Waals surface area contributed by atoms with Crippen LogP contribution < -0.4 is 0 Å². The molecule has 2 heteroatoms. The number of benzene rings is 1. The van der Waals surface area contributed by atoms with Crippen LogP contribution >= 0.6 is 0 Å². The third-order valence-electron chi connectivity index (χ3n) is 3.13. The van der Waals surface area contributed by atoms with Gasteiger partial charge in [-0.25, -0.2) is 0 Å². The Kier molecular flexibility index (Phi) is 4.66. The first kappa shape index (κ1) is 12.9. The third-order valence-corrected chi connectivity index (χ3v) is 3.13. The fourth-order valence-corrected chi connectivity index (χ4v) is 2.08. The lowest BCUT2D eigenvalue weighted by Gasteiger charge is -2.15. The summed E-state index contributed by atoms with van der Waals surface area (Å²) < 4.78 is 0. The van der Waals surface area contributed by atoms with E-state index in [0.717, 1.165) is 17.5 Å². The monoisotopic (exact) mass is 222 g/mol. The first-order chi connectivity index (χ1) is 7.56. The molecule has 0 radical (unpaired) electrons. The molecule has 0 aliphatic heterocycles. The van der Waals surface area contributed by atoms with Gasteiger partial charge in [-0.05, 0) is 42.5 Å². The molecule has 2 N–H and O–H groups in total. The first-order valence-electron chi connectivity index (χ1n) is 6.08. The molecule has 0 saturated carbocycles. The van der Waals surface area contributed by atoms with Crippen LogP contribution in [0, 0.1) is 6.92 Å². The molecule has 0 fully saturated rings. The Bertz CT molecular complexity index is 345. The summed E-state index contributed by atoms with van der Waals surface area (Å²) in [6.45, 7) is 6.35. The van der Waals surface area contributed by atoms with Gasteiger partial charge in [-0.1, -0.05) is 33.1 Å². The summed E-state index contributed by atoms with van der Waals surface area (Å²) in [6, 6.07) is 3.34. The SMILES string of the molecule is CCCCCC(C)c1cc(O)c(O)cc1C. The molecule has 1 atom stereocenters. The molecular weight excluding hydrogens is 200 g/mol. The molecule has 1 aromatic carbocycles. The quantitative estimate of drug-likeness (QED) is 0.582. The molecule has 0 aliphatic rings. The van der Waals surface area contributed by atoms with Gasteiger partial charge in [0.25, 0.3) is 0 Å². The van der Waals surface area contributed by atoms with E-state index in [1.165, 1.54) is 19.3 Å². The van der Waals surface area contributed by atoms with Crippen molar-refractivity contribution in [3.8, 4) is 11.5 Å². The summed E-state index contributed by atoms with van der Waals surface area (Å²) in [5.41, 5.74) is 2.20. The van der Waals surface area contributed by atoms with Crippen LogP contribution in [0.4, 0.5) is 0 Å². The molecule has 0 saturated heterocycles. The first-order valence-corrected chi connectivity index (χ1v) is 6.08. The average molecular weight is 222 g/mol. The van der Waals surface area contributed by atoms with Gasteiger partial charge in [0.05, 0.1) is 0 Å². The van der Waals surface area contributed by atoms with Crippen LogP contribution in [0.3, 0.4) is 0 Å². The molecule has 1 aromatic rings. The highest BCUT2D eigenvalue weighted by Gasteiger charge is 2.11. The molecule has 16 heavy (non-hydrogen) atoms. The van der Waals surface area contributed by atoms with Gasteiger partial charge >= 0.3 is 0 Å². The van der Waals surface area contributed by atoms with Crippen LogP contribution in [0.15, 0.2) is 12.1 Å². The Hall–Kier alpha value is -1.18. The molecule has 0 bridgehead atoms. The minimum absolute atomic E-state index is 0.0112. The Labute approximate surface area is 97.9 Å². The van der Waals surface area contributed by atoms with E-state index < -0.39 is 0 Å². The second-order valence-electron chi connectivity index (χ2n) is 4.59. The maximum Gasteiger partial charge on any atom is 0.157 e. The molecule has 1 unspecified atom stereocenters. The van der Waals surface area contributed by atoms with Gasteiger partial charge in [-0.2, -0.15) is 0 Å². The maximum atomic E-state index is 9.50. The fraction of sp³-hybridized carbons (Fsp3) is 0.571. The molecule has 0 amide bonds. The fourth-order valence-electron chi connectivity index (χ4n) is 2.08. The van der Waals surface area contributed by atoms with E-state index in [4.69, 9.17) is 0 Å².